The summed E-state index contributed by atoms with van der Waals surface area (Å²) in [4.78, 5) is 40.2. The van der Waals surface area contributed by atoms with E-state index in [9.17, 15) is 22.8 Å². The Morgan fingerprint density at radius 1 is 0.969 bits per heavy atom. The van der Waals surface area contributed by atoms with Gasteiger partial charge in [-0.15, -0.1) is 0 Å². The van der Waals surface area contributed by atoms with E-state index >= 15 is 0 Å². The first-order valence-electron chi connectivity index (χ1n) is 12.0. The van der Waals surface area contributed by atoms with Crippen molar-refractivity contribution in [2.75, 3.05) is 25.9 Å². The smallest absolute Gasteiger partial charge is 0.244 e. The average Bonchev–Trinajstić information content (AvgIpc) is 2.78. The minimum atomic E-state index is -3.51. The molecule has 3 N–H and O–H groups in total. The number of sulfonamides is 1. The molecule has 0 aromatic rings. The number of piperazine rings is 1. The Morgan fingerprint density at radius 3 is 2.12 bits per heavy atom. The van der Waals surface area contributed by atoms with E-state index in [0.717, 1.165) is 64.0 Å². The summed E-state index contributed by atoms with van der Waals surface area (Å²) >= 11 is 0. The Labute approximate surface area is 191 Å². The van der Waals surface area contributed by atoms with E-state index < -0.39 is 33.9 Å². The molecular formula is C22H38N4O5S. The molecule has 9 nitrogen and oxygen atoms in total. The summed E-state index contributed by atoms with van der Waals surface area (Å²) in [7, 11) is -3.51. The first kappa shape index (κ1) is 25.0. The number of hydrogen-bond acceptors (Lipinski definition) is 5. The predicted octanol–water partition coefficient (Wildman–Crippen LogP) is 0.980. The average molecular weight is 471 g/mol. The number of carbonyl (C=O) groups excluding carboxylic acids is 3. The fourth-order valence-corrected chi connectivity index (χ4v) is 6.23. The number of hydrogen-bond donors (Lipinski definition) is 2. The van der Waals surface area contributed by atoms with Crippen LogP contribution in [0.15, 0.2) is 0 Å². The van der Waals surface area contributed by atoms with Gasteiger partial charge in [0.15, 0.2) is 0 Å². The molecule has 3 amide bonds. The largest absolute Gasteiger partial charge is 0.368 e. The van der Waals surface area contributed by atoms with E-state index in [1.165, 1.54) is 15.6 Å². The maximum atomic E-state index is 13.3. The van der Waals surface area contributed by atoms with Crippen molar-refractivity contribution in [3.05, 3.63) is 0 Å². The van der Waals surface area contributed by atoms with Gasteiger partial charge in [-0.2, -0.15) is 4.31 Å². The summed E-state index contributed by atoms with van der Waals surface area (Å²) in [6.45, 7) is 0.241. The molecule has 3 fully saturated rings. The summed E-state index contributed by atoms with van der Waals surface area (Å²) in [6, 6.07) is -1.77. The SMILES string of the molecule is CS(=O)(=O)N1CCN(C(=O)C2CCCCC2)C(C(=O)NC(CC2CCCCC2)C(N)=O)C1. The second kappa shape index (κ2) is 11.0. The molecule has 2 unspecified atom stereocenters. The zero-order valence-corrected chi connectivity index (χ0v) is 19.9. The normalized spacial score (nSPS) is 25.3. The van der Waals surface area contributed by atoms with Crippen LogP contribution in [0.4, 0.5) is 0 Å². The van der Waals surface area contributed by atoms with Gasteiger partial charge in [-0.1, -0.05) is 51.4 Å². The fraction of sp³-hybridized carbons (Fsp3) is 0.864. The number of rotatable bonds is 7. The van der Waals surface area contributed by atoms with Gasteiger partial charge in [-0.05, 0) is 25.2 Å². The molecule has 0 radical (unpaired) electrons. The van der Waals surface area contributed by atoms with Crippen LogP contribution in [0.2, 0.25) is 0 Å². The van der Waals surface area contributed by atoms with Crippen molar-refractivity contribution < 1.29 is 22.8 Å². The Hall–Kier alpha value is -1.68. The van der Waals surface area contributed by atoms with Crippen molar-refractivity contribution in [3.63, 3.8) is 0 Å². The van der Waals surface area contributed by atoms with E-state index in [1.54, 1.807) is 0 Å². The Balaban J connectivity index is 1.74. The number of nitrogens with two attached hydrogens (primary N) is 1. The van der Waals surface area contributed by atoms with Gasteiger partial charge in [-0.25, -0.2) is 8.42 Å². The topological polar surface area (TPSA) is 130 Å². The minimum absolute atomic E-state index is 0.0825. The van der Waals surface area contributed by atoms with E-state index in [0.29, 0.717) is 12.3 Å². The number of nitrogens with zero attached hydrogens (tertiary/aromatic N) is 2. The van der Waals surface area contributed by atoms with Gasteiger partial charge in [0.25, 0.3) is 0 Å². The third kappa shape index (κ3) is 6.43. The van der Waals surface area contributed by atoms with E-state index in [4.69, 9.17) is 5.73 Å². The molecule has 182 valence electrons. The summed E-state index contributed by atoms with van der Waals surface area (Å²) in [5.74, 6) is -0.966. The molecule has 1 heterocycles. The van der Waals surface area contributed by atoms with Gasteiger partial charge in [0.05, 0.1) is 6.26 Å². The van der Waals surface area contributed by atoms with Crippen molar-refractivity contribution in [3.8, 4) is 0 Å². The van der Waals surface area contributed by atoms with Gasteiger partial charge in [0.1, 0.15) is 12.1 Å². The standard InChI is InChI=1S/C22H38N4O5S/c1-32(30,31)25-12-13-26(22(29)17-10-6-3-7-11-17)19(15-25)21(28)24-18(20(23)27)14-16-8-4-2-5-9-16/h16-19H,2-15H2,1H3,(H2,23,27)(H,24,28). The Morgan fingerprint density at radius 2 is 1.56 bits per heavy atom. The van der Waals surface area contributed by atoms with Crippen molar-refractivity contribution in [1.29, 1.82) is 0 Å². The lowest BCUT2D eigenvalue weighted by Crippen LogP contribution is -2.63. The highest BCUT2D eigenvalue weighted by Crippen LogP contribution is 2.29. The van der Waals surface area contributed by atoms with Crippen LogP contribution in [-0.4, -0.2) is 73.3 Å². The van der Waals surface area contributed by atoms with Gasteiger partial charge >= 0.3 is 0 Å². The molecule has 2 atom stereocenters. The number of carbonyl (C=O) groups is 3. The second-order valence-electron chi connectivity index (χ2n) is 9.71. The maximum absolute atomic E-state index is 13.3. The summed E-state index contributed by atoms with van der Waals surface area (Å²) in [5, 5.41) is 2.76. The first-order chi connectivity index (χ1) is 15.2. The van der Waals surface area contributed by atoms with Crippen LogP contribution >= 0.6 is 0 Å². The highest BCUT2D eigenvalue weighted by atomic mass is 32.2. The van der Waals surface area contributed by atoms with Gasteiger partial charge in [0, 0.05) is 25.6 Å². The molecule has 10 heteroatoms. The highest BCUT2D eigenvalue weighted by Gasteiger charge is 2.41. The molecule has 2 saturated carbocycles. The molecule has 3 aliphatic rings. The minimum Gasteiger partial charge on any atom is -0.368 e. The lowest BCUT2D eigenvalue weighted by molar-refractivity contribution is -0.147. The lowest BCUT2D eigenvalue weighted by Gasteiger charge is -2.41. The highest BCUT2D eigenvalue weighted by molar-refractivity contribution is 7.88. The third-order valence-electron chi connectivity index (χ3n) is 7.31. The number of amides is 3. The first-order valence-corrected chi connectivity index (χ1v) is 13.9. The quantitative estimate of drug-likeness (QED) is 0.573. The molecule has 3 rings (SSSR count). The van der Waals surface area contributed by atoms with Gasteiger partial charge in [-0.3, -0.25) is 14.4 Å². The second-order valence-corrected chi connectivity index (χ2v) is 11.7. The molecule has 1 aliphatic heterocycles. The van der Waals surface area contributed by atoms with E-state index in [2.05, 4.69) is 5.32 Å². The summed E-state index contributed by atoms with van der Waals surface area (Å²) in [6.07, 6.45) is 11.7. The van der Waals surface area contributed by atoms with Crippen molar-refractivity contribution in [2.45, 2.75) is 82.7 Å². The molecule has 0 spiro atoms. The van der Waals surface area contributed by atoms with E-state index in [1.807, 2.05) is 0 Å². The van der Waals surface area contributed by atoms with Gasteiger partial charge < -0.3 is 16.0 Å². The summed E-state index contributed by atoms with van der Waals surface area (Å²) < 4.78 is 25.5. The van der Waals surface area contributed by atoms with Crippen LogP contribution in [0, 0.1) is 11.8 Å². The number of primary amides is 1. The fourth-order valence-electron chi connectivity index (χ4n) is 5.40. The van der Waals surface area contributed by atoms with Crippen molar-refractivity contribution in [2.24, 2.45) is 17.6 Å². The van der Waals surface area contributed by atoms with Crippen LogP contribution in [0.1, 0.15) is 70.6 Å². The Kier molecular flexibility index (Phi) is 8.55. The zero-order valence-electron chi connectivity index (χ0n) is 19.1. The molecule has 32 heavy (non-hydrogen) atoms. The van der Waals surface area contributed by atoms with Crippen LogP contribution in [0.5, 0.6) is 0 Å². The molecule has 2 aliphatic carbocycles. The van der Waals surface area contributed by atoms with Crippen LogP contribution in [-0.2, 0) is 24.4 Å². The van der Waals surface area contributed by atoms with Crippen LogP contribution in [0.3, 0.4) is 0 Å². The predicted molar refractivity (Wildman–Crippen MR) is 121 cm³/mol. The molecular weight excluding hydrogens is 432 g/mol. The molecule has 0 bridgehead atoms. The van der Waals surface area contributed by atoms with Crippen LogP contribution in [0.25, 0.3) is 0 Å². The third-order valence-corrected chi connectivity index (χ3v) is 8.58. The maximum Gasteiger partial charge on any atom is 0.244 e. The lowest BCUT2D eigenvalue weighted by atomic mass is 9.84. The van der Waals surface area contributed by atoms with Crippen molar-refractivity contribution in [1.82, 2.24) is 14.5 Å². The van der Waals surface area contributed by atoms with Crippen molar-refractivity contribution >= 4 is 27.7 Å². The molecule has 0 aromatic heterocycles. The molecule has 0 aromatic carbocycles. The summed E-state index contributed by atoms with van der Waals surface area (Å²) in [5.41, 5.74) is 5.60. The molecule has 1 saturated heterocycles. The van der Waals surface area contributed by atoms with E-state index in [-0.39, 0.29) is 31.5 Å². The van der Waals surface area contributed by atoms with Gasteiger partial charge in [0.2, 0.25) is 27.7 Å². The monoisotopic (exact) mass is 470 g/mol. The van der Waals surface area contributed by atoms with Crippen LogP contribution < -0.4 is 11.1 Å². The zero-order chi connectivity index (χ0) is 23.3. The number of nitrogens with one attached hydrogen (secondary N) is 1. The Bertz CT molecular complexity index is 790.